The van der Waals surface area contributed by atoms with Crippen molar-refractivity contribution in [3.8, 4) is 17.0 Å². The molecule has 0 fully saturated rings. The van der Waals surface area contributed by atoms with Crippen LogP contribution in [0.2, 0.25) is 0 Å². The second-order valence-corrected chi connectivity index (χ2v) is 5.03. The van der Waals surface area contributed by atoms with Gasteiger partial charge < -0.3 is 4.74 Å². The Morgan fingerprint density at radius 2 is 1.79 bits per heavy atom. The first-order valence-electron chi connectivity index (χ1n) is 5.82. The van der Waals surface area contributed by atoms with Crippen molar-refractivity contribution in [2.24, 2.45) is 0 Å². The Balaban J connectivity index is 2.20. The summed E-state index contributed by atoms with van der Waals surface area (Å²) >= 11 is 3.49. The van der Waals surface area contributed by atoms with E-state index >= 15 is 0 Å². The molecule has 0 radical (unpaired) electrons. The van der Waals surface area contributed by atoms with Crippen molar-refractivity contribution < 1.29 is 4.74 Å². The summed E-state index contributed by atoms with van der Waals surface area (Å²) in [5.41, 5.74) is 2.91. The Morgan fingerprint density at radius 3 is 2.53 bits per heavy atom. The molecule has 1 aromatic heterocycles. The highest BCUT2D eigenvalue weighted by Gasteiger charge is 2.06. The predicted molar refractivity (Wildman–Crippen MR) is 79.2 cm³/mol. The number of ether oxygens (including phenoxy) is 1. The van der Waals surface area contributed by atoms with Gasteiger partial charge in [-0.3, -0.25) is 0 Å². The number of rotatable bonds is 2. The van der Waals surface area contributed by atoms with Gasteiger partial charge in [0.15, 0.2) is 0 Å². The predicted octanol–water partition coefficient (Wildman–Crippen LogP) is 4.07. The van der Waals surface area contributed by atoms with Gasteiger partial charge in [-0.05, 0) is 42.5 Å². The third-order valence-corrected chi connectivity index (χ3v) is 3.45. The Bertz CT molecular complexity index is 726. The summed E-state index contributed by atoms with van der Waals surface area (Å²) < 4.78 is 6.19. The number of fused-ring (bicyclic) bond motifs is 1. The van der Waals surface area contributed by atoms with E-state index in [2.05, 4.69) is 25.9 Å². The topological polar surface area (TPSA) is 35.0 Å². The Hall–Kier alpha value is -1.94. The molecule has 3 nitrogen and oxygen atoms in total. The van der Waals surface area contributed by atoms with Crippen molar-refractivity contribution in [1.82, 2.24) is 9.97 Å². The number of benzene rings is 2. The quantitative estimate of drug-likeness (QED) is 0.715. The van der Waals surface area contributed by atoms with E-state index in [0.717, 1.165) is 32.4 Å². The van der Waals surface area contributed by atoms with Gasteiger partial charge in [0.2, 0.25) is 0 Å². The summed E-state index contributed by atoms with van der Waals surface area (Å²) in [5.74, 6) is 0.836. The molecule has 1 heterocycles. The number of methoxy groups -OCH3 is 1. The highest BCUT2D eigenvalue weighted by molar-refractivity contribution is 9.10. The van der Waals surface area contributed by atoms with E-state index in [0.29, 0.717) is 0 Å². The fourth-order valence-corrected chi connectivity index (χ4v) is 2.37. The van der Waals surface area contributed by atoms with Crippen molar-refractivity contribution in [1.29, 1.82) is 0 Å². The molecule has 0 bridgehead atoms. The monoisotopic (exact) mass is 314 g/mol. The van der Waals surface area contributed by atoms with Crippen molar-refractivity contribution in [3.05, 3.63) is 53.3 Å². The van der Waals surface area contributed by atoms with Gasteiger partial charge in [0.25, 0.3) is 0 Å². The van der Waals surface area contributed by atoms with Gasteiger partial charge in [-0.2, -0.15) is 0 Å². The molecule has 0 N–H and O–H groups in total. The smallest absolute Gasteiger partial charge is 0.118 e. The molecule has 19 heavy (non-hydrogen) atoms. The van der Waals surface area contributed by atoms with E-state index in [1.54, 1.807) is 13.4 Å². The third kappa shape index (κ3) is 2.31. The Labute approximate surface area is 119 Å². The molecule has 0 amide bonds. The molecule has 3 aromatic rings. The lowest BCUT2D eigenvalue weighted by atomic mass is 10.1. The summed E-state index contributed by atoms with van der Waals surface area (Å²) in [6, 6.07) is 13.9. The molecule has 0 aliphatic rings. The van der Waals surface area contributed by atoms with E-state index in [9.17, 15) is 0 Å². The van der Waals surface area contributed by atoms with E-state index in [1.165, 1.54) is 0 Å². The van der Waals surface area contributed by atoms with Crippen LogP contribution in [0.3, 0.4) is 0 Å². The molecule has 0 aliphatic carbocycles. The minimum atomic E-state index is 0.836. The van der Waals surface area contributed by atoms with Gasteiger partial charge in [0, 0.05) is 15.4 Å². The average molecular weight is 315 g/mol. The molecule has 0 saturated carbocycles. The maximum Gasteiger partial charge on any atom is 0.118 e. The van der Waals surface area contributed by atoms with Gasteiger partial charge in [0.05, 0.1) is 18.3 Å². The molecule has 4 heteroatoms. The fourth-order valence-electron chi connectivity index (χ4n) is 2.01. The van der Waals surface area contributed by atoms with Crippen LogP contribution >= 0.6 is 15.9 Å². The minimum absolute atomic E-state index is 0.836. The van der Waals surface area contributed by atoms with Crippen molar-refractivity contribution in [2.45, 2.75) is 0 Å². The molecular formula is C15H11BrN2O. The van der Waals surface area contributed by atoms with Crippen LogP contribution in [0, 0.1) is 0 Å². The molecule has 2 aromatic carbocycles. The average Bonchev–Trinajstić information content (AvgIpc) is 2.47. The molecule has 0 atom stereocenters. The number of aromatic nitrogens is 2. The first-order valence-corrected chi connectivity index (χ1v) is 6.62. The first-order chi connectivity index (χ1) is 9.28. The van der Waals surface area contributed by atoms with Gasteiger partial charge in [-0.25, -0.2) is 9.97 Å². The van der Waals surface area contributed by atoms with E-state index in [1.807, 2.05) is 42.5 Å². The number of nitrogens with zero attached hydrogens (tertiary/aromatic N) is 2. The van der Waals surface area contributed by atoms with Crippen LogP contribution in [0.25, 0.3) is 22.2 Å². The largest absolute Gasteiger partial charge is 0.497 e. The van der Waals surface area contributed by atoms with Crippen LogP contribution in [0.4, 0.5) is 0 Å². The molecule has 0 aliphatic heterocycles. The molecule has 94 valence electrons. The number of hydrogen-bond acceptors (Lipinski definition) is 3. The zero-order valence-electron chi connectivity index (χ0n) is 10.3. The van der Waals surface area contributed by atoms with Crippen LogP contribution in [0.15, 0.2) is 53.3 Å². The lowest BCUT2D eigenvalue weighted by molar-refractivity contribution is 0.415. The standard InChI is InChI=1S/C15H11BrN2O/c1-19-12-5-2-10(3-6-12)15-13-8-11(16)4-7-14(13)17-9-18-15/h2-9H,1H3. The van der Waals surface area contributed by atoms with Gasteiger partial charge in [-0.15, -0.1) is 0 Å². The van der Waals surface area contributed by atoms with Crippen molar-refractivity contribution in [3.63, 3.8) is 0 Å². The fraction of sp³-hybridized carbons (Fsp3) is 0.0667. The second kappa shape index (κ2) is 4.97. The third-order valence-electron chi connectivity index (χ3n) is 2.96. The van der Waals surface area contributed by atoms with E-state index in [4.69, 9.17) is 4.74 Å². The maximum absolute atomic E-state index is 5.17. The van der Waals surface area contributed by atoms with E-state index < -0.39 is 0 Å². The summed E-state index contributed by atoms with van der Waals surface area (Å²) in [6.45, 7) is 0. The lowest BCUT2D eigenvalue weighted by Crippen LogP contribution is -1.89. The molecule has 0 spiro atoms. The van der Waals surface area contributed by atoms with Crippen LogP contribution in [-0.2, 0) is 0 Å². The van der Waals surface area contributed by atoms with Crippen molar-refractivity contribution in [2.75, 3.05) is 7.11 Å². The zero-order chi connectivity index (χ0) is 13.2. The number of halogens is 1. The van der Waals surface area contributed by atoms with Gasteiger partial charge >= 0.3 is 0 Å². The summed E-state index contributed by atoms with van der Waals surface area (Å²) in [7, 11) is 1.66. The highest BCUT2D eigenvalue weighted by Crippen LogP contribution is 2.28. The van der Waals surface area contributed by atoms with E-state index in [-0.39, 0.29) is 0 Å². The van der Waals surface area contributed by atoms with Crippen LogP contribution in [-0.4, -0.2) is 17.1 Å². The Kier molecular flexibility index (Phi) is 3.17. The summed E-state index contributed by atoms with van der Waals surface area (Å²) in [6.07, 6.45) is 1.59. The zero-order valence-corrected chi connectivity index (χ0v) is 11.9. The SMILES string of the molecule is COc1ccc(-c2ncnc3ccc(Br)cc23)cc1. The highest BCUT2D eigenvalue weighted by atomic mass is 79.9. The summed E-state index contributed by atoms with van der Waals surface area (Å²) in [4.78, 5) is 8.69. The summed E-state index contributed by atoms with van der Waals surface area (Å²) in [5, 5.41) is 1.03. The minimum Gasteiger partial charge on any atom is -0.497 e. The van der Waals surface area contributed by atoms with Crippen molar-refractivity contribution >= 4 is 26.8 Å². The lowest BCUT2D eigenvalue weighted by Gasteiger charge is -2.06. The Morgan fingerprint density at radius 1 is 1.00 bits per heavy atom. The van der Waals surface area contributed by atoms with Crippen LogP contribution in [0.1, 0.15) is 0 Å². The normalized spacial score (nSPS) is 10.6. The van der Waals surface area contributed by atoms with Crippen LogP contribution < -0.4 is 4.74 Å². The molecular weight excluding hydrogens is 304 g/mol. The van der Waals surface area contributed by atoms with Crippen LogP contribution in [0.5, 0.6) is 5.75 Å². The molecule has 0 saturated heterocycles. The first kappa shape index (κ1) is 12.1. The van der Waals surface area contributed by atoms with Gasteiger partial charge in [0.1, 0.15) is 12.1 Å². The molecule has 3 rings (SSSR count). The molecule has 0 unspecified atom stereocenters. The van der Waals surface area contributed by atoms with Gasteiger partial charge in [-0.1, -0.05) is 15.9 Å². The second-order valence-electron chi connectivity index (χ2n) is 4.11. The number of hydrogen-bond donors (Lipinski definition) is 0. The maximum atomic E-state index is 5.17.